The van der Waals surface area contributed by atoms with E-state index in [0.717, 1.165) is 33.5 Å². The number of amides is 1. The zero-order valence-corrected chi connectivity index (χ0v) is 13.4. The molecule has 1 aliphatic heterocycles. The van der Waals surface area contributed by atoms with Crippen LogP contribution in [0, 0.1) is 0 Å². The monoisotopic (exact) mass is 339 g/mol. The second kappa shape index (κ2) is 6.29. The van der Waals surface area contributed by atoms with Crippen molar-refractivity contribution >= 4 is 22.9 Å². The molecule has 0 fully saturated rings. The summed E-state index contributed by atoms with van der Waals surface area (Å²) >= 11 is 1.50. The van der Waals surface area contributed by atoms with Crippen molar-refractivity contribution in [2.75, 3.05) is 12.1 Å². The van der Waals surface area contributed by atoms with E-state index in [9.17, 15) is 4.79 Å². The highest BCUT2D eigenvalue weighted by atomic mass is 32.1. The Hall–Kier alpha value is -2.93. The largest absolute Gasteiger partial charge is 0.454 e. The fourth-order valence-corrected chi connectivity index (χ4v) is 3.17. The average molecular weight is 339 g/mol. The summed E-state index contributed by atoms with van der Waals surface area (Å²) < 4.78 is 10.7. The molecule has 0 saturated carbocycles. The molecule has 0 unspecified atom stereocenters. The van der Waals surface area contributed by atoms with Gasteiger partial charge < -0.3 is 14.8 Å². The zero-order valence-electron chi connectivity index (χ0n) is 12.6. The van der Waals surface area contributed by atoms with E-state index in [0.29, 0.717) is 0 Å². The Morgan fingerprint density at radius 2 is 2.00 bits per heavy atom. The molecule has 0 saturated heterocycles. The van der Waals surface area contributed by atoms with Crippen molar-refractivity contribution in [1.82, 2.24) is 9.97 Å². The van der Waals surface area contributed by atoms with Crippen molar-refractivity contribution in [1.29, 1.82) is 0 Å². The summed E-state index contributed by atoms with van der Waals surface area (Å²) in [5.41, 5.74) is 2.41. The maximum atomic E-state index is 12.1. The summed E-state index contributed by atoms with van der Waals surface area (Å²) in [4.78, 5) is 20.5. The minimum Gasteiger partial charge on any atom is -0.454 e. The van der Waals surface area contributed by atoms with E-state index in [1.807, 2.05) is 23.6 Å². The Bertz CT molecular complexity index is 880. The van der Waals surface area contributed by atoms with Gasteiger partial charge in [0.15, 0.2) is 11.5 Å². The number of nitrogens with zero attached hydrogens (tertiary/aromatic N) is 2. The average Bonchev–Trinajstić information content (AvgIpc) is 3.24. The predicted octanol–water partition coefficient (Wildman–Crippen LogP) is 3.12. The van der Waals surface area contributed by atoms with E-state index in [1.165, 1.54) is 11.3 Å². The van der Waals surface area contributed by atoms with Crippen molar-refractivity contribution in [2.24, 2.45) is 0 Å². The fourth-order valence-electron chi connectivity index (χ4n) is 2.36. The fraction of sp³-hybridized carbons (Fsp3) is 0.118. The van der Waals surface area contributed by atoms with Gasteiger partial charge in [0.25, 0.3) is 0 Å². The van der Waals surface area contributed by atoms with E-state index < -0.39 is 0 Å². The Balaban J connectivity index is 1.46. The van der Waals surface area contributed by atoms with Crippen LogP contribution in [-0.4, -0.2) is 22.7 Å². The van der Waals surface area contributed by atoms with Gasteiger partial charge in [0, 0.05) is 29.0 Å². The van der Waals surface area contributed by atoms with E-state index in [4.69, 9.17) is 9.47 Å². The first-order valence-electron chi connectivity index (χ1n) is 7.32. The normalized spacial score (nSPS) is 12.2. The highest BCUT2D eigenvalue weighted by Crippen LogP contribution is 2.36. The number of thiazole rings is 1. The van der Waals surface area contributed by atoms with Gasteiger partial charge in [-0.1, -0.05) is 0 Å². The lowest BCUT2D eigenvalue weighted by molar-refractivity contribution is -0.115. The van der Waals surface area contributed by atoms with Crippen molar-refractivity contribution in [2.45, 2.75) is 6.42 Å². The van der Waals surface area contributed by atoms with Crippen LogP contribution >= 0.6 is 11.3 Å². The molecular formula is C17H13N3O3S. The van der Waals surface area contributed by atoms with Crippen LogP contribution in [0.3, 0.4) is 0 Å². The molecule has 24 heavy (non-hydrogen) atoms. The van der Waals surface area contributed by atoms with Crippen LogP contribution in [0.25, 0.3) is 10.6 Å². The molecule has 1 N–H and O–H groups in total. The molecule has 2 aromatic heterocycles. The molecule has 0 spiro atoms. The van der Waals surface area contributed by atoms with Crippen LogP contribution in [0.2, 0.25) is 0 Å². The van der Waals surface area contributed by atoms with Crippen molar-refractivity contribution in [3.63, 3.8) is 0 Å². The van der Waals surface area contributed by atoms with Gasteiger partial charge in [-0.25, -0.2) is 4.98 Å². The molecular weight excluding hydrogens is 326 g/mol. The maximum Gasteiger partial charge on any atom is 0.231 e. The Morgan fingerprint density at radius 1 is 1.17 bits per heavy atom. The number of nitrogens with one attached hydrogen (secondary N) is 1. The minimum absolute atomic E-state index is 0.108. The van der Waals surface area contributed by atoms with E-state index >= 15 is 0 Å². The van der Waals surface area contributed by atoms with Gasteiger partial charge in [0.1, 0.15) is 5.01 Å². The number of hydrogen-bond donors (Lipinski definition) is 1. The molecule has 1 aliphatic rings. The van der Waals surface area contributed by atoms with Crippen LogP contribution in [0.1, 0.15) is 5.69 Å². The third-order valence-corrected chi connectivity index (χ3v) is 4.42. The van der Waals surface area contributed by atoms with E-state index in [2.05, 4.69) is 15.3 Å². The van der Waals surface area contributed by atoms with E-state index in [1.54, 1.807) is 24.5 Å². The number of rotatable bonds is 4. The lowest BCUT2D eigenvalue weighted by Gasteiger charge is -2.02. The molecule has 120 valence electrons. The summed E-state index contributed by atoms with van der Waals surface area (Å²) in [5, 5.41) is 5.56. The number of carbonyl (C=O) groups excluding carboxylic acids is 1. The summed E-state index contributed by atoms with van der Waals surface area (Å²) in [5.74, 6) is 1.36. The highest BCUT2D eigenvalue weighted by Gasteiger charge is 2.15. The van der Waals surface area contributed by atoms with Gasteiger partial charge in [0.05, 0.1) is 12.1 Å². The number of carbonyl (C=O) groups is 1. The lowest BCUT2D eigenvalue weighted by Crippen LogP contribution is -2.14. The van der Waals surface area contributed by atoms with Crippen LogP contribution in [0.5, 0.6) is 11.5 Å². The molecule has 0 radical (unpaired) electrons. The summed E-state index contributed by atoms with van der Waals surface area (Å²) in [6, 6.07) is 9.21. The molecule has 7 heteroatoms. The summed E-state index contributed by atoms with van der Waals surface area (Å²) in [7, 11) is 0. The SMILES string of the molecule is O=C(Cc1csc(-c2ccc3c(c2)OCO3)n1)Nc1ccncc1. The molecule has 4 rings (SSSR count). The standard InChI is InChI=1S/C17H13N3O3S/c21-16(19-12-3-5-18-6-4-12)8-13-9-24-17(20-13)11-1-2-14-15(7-11)23-10-22-14/h1-7,9H,8,10H2,(H,18,19,21). The molecule has 6 nitrogen and oxygen atoms in total. The van der Waals surface area contributed by atoms with Crippen molar-refractivity contribution in [3.05, 3.63) is 53.8 Å². The summed E-state index contributed by atoms with van der Waals surface area (Å²) in [6.07, 6.45) is 3.50. The smallest absolute Gasteiger partial charge is 0.231 e. The lowest BCUT2D eigenvalue weighted by atomic mass is 10.2. The number of hydrogen-bond acceptors (Lipinski definition) is 6. The molecule has 1 amide bonds. The van der Waals surface area contributed by atoms with Gasteiger partial charge in [0.2, 0.25) is 12.7 Å². The van der Waals surface area contributed by atoms with Crippen molar-refractivity contribution in [3.8, 4) is 22.1 Å². The first kappa shape index (κ1) is 14.6. The Labute approximate surface area is 142 Å². The van der Waals surface area contributed by atoms with Gasteiger partial charge in [-0.15, -0.1) is 11.3 Å². The molecule has 1 aromatic carbocycles. The van der Waals surface area contributed by atoms with Crippen LogP contribution in [0.15, 0.2) is 48.1 Å². The molecule has 3 heterocycles. The quantitative estimate of drug-likeness (QED) is 0.790. The number of pyridine rings is 1. The second-order valence-electron chi connectivity index (χ2n) is 5.17. The van der Waals surface area contributed by atoms with Crippen molar-refractivity contribution < 1.29 is 14.3 Å². The van der Waals surface area contributed by atoms with Gasteiger partial charge in [-0.3, -0.25) is 9.78 Å². The molecule has 0 atom stereocenters. The molecule has 0 aliphatic carbocycles. The minimum atomic E-state index is -0.108. The van der Waals surface area contributed by atoms with E-state index in [-0.39, 0.29) is 19.1 Å². The van der Waals surface area contributed by atoms with Crippen LogP contribution in [0.4, 0.5) is 5.69 Å². The third-order valence-electron chi connectivity index (χ3n) is 3.48. The number of anilines is 1. The maximum absolute atomic E-state index is 12.1. The van der Waals surface area contributed by atoms with Gasteiger partial charge in [-0.2, -0.15) is 0 Å². The first-order chi connectivity index (χ1) is 11.8. The van der Waals surface area contributed by atoms with Crippen LogP contribution < -0.4 is 14.8 Å². The zero-order chi connectivity index (χ0) is 16.4. The van der Waals surface area contributed by atoms with Gasteiger partial charge >= 0.3 is 0 Å². The summed E-state index contributed by atoms with van der Waals surface area (Å²) in [6.45, 7) is 0.247. The second-order valence-corrected chi connectivity index (χ2v) is 6.03. The predicted molar refractivity (Wildman–Crippen MR) is 90.2 cm³/mol. The number of ether oxygens (including phenoxy) is 2. The Morgan fingerprint density at radius 3 is 2.88 bits per heavy atom. The molecule has 3 aromatic rings. The number of fused-ring (bicyclic) bond motifs is 1. The van der Waals surface area contributed by atoms with Gasteiger partial charge in [-0.05, 0) is 30.3 Å². The number of benzene rings is 1. The number of aromatic nitrogens is 2. The van der Waals surface area contributed by atoms with Crippen LogP contribution in [-0.2, 0) is 11.2 Å². The third kappa shape index (κ3) is 3.07. The topological polar surface area (TPSA) is 73.3 Å². The highest BCUT2D eigenvalue weighted by molar-refractivity contribution is 7.13. The Kier molecular flexibility index (Phi) is 3.84. The first-order valence-corrected chi connectivity index (χ1v) is 8.20. The molecule has 0 bridgehead atoms.